The first-order valence-corrected chi connectivity index (χ1v) is 9.97. The van der Waals surface area contributed by atoms with Crippen LogP contribution in [0, 0.1) is 0 Å². The van der Waals surface area contributed by atoms with Gasteiger partial charge in [0.1, 0.15) is 0 Å². The molecule has 0 fully saturated rings. The first-order valence-electron chi connectivity index (χ1n) is 9.97. The van der Waals surface area contributed by atoms with Crippen LogP contribution in [0.2, 0.25) is 0 Å². The van der Waals surface area contributed by atoms with Gasteiger partial charge in [-0.25, -0.2) is 0 Å². The second kappa shape index (κ2) is 9.71. The molecule has 0 atom stereocenters. The van der Waals surface area contributed by atoms with Crippen molar-refractivity contribution in [2.24, 2.45) is 0 Å². The molecule has 0 saturated heterocycles. The van der Waals surface area contributed by atoms with Crippen molar-refractivity contribution in [1.29, 1.82) is 0 Å². The zero-order valence-corrected chi connectivity index (χ0v) is 17.3. The molecule has 0 aliphatic rings. The van der Waals surface area contributed by atoms with Gasteiger partial charge in [-0.2, -0.15) is 0 Å². The third-order valence-corrected chi connectivity index (χ3v) is 5.03. The molecule has 31 heavy (non-hydrogen) atoms. The van der Waals surface area contributed by atoms with Gasteiger partial charge in [-0.3, -0.25) is 14.4 Å². The van der Waals surface area contributed by atoms with Gasteiger partial charge < -0.3 is 16.8 Å². The molecule has 0 spiro atoms. The molecule has 1 amide bonds. The van der Waals surface area contributed by atoms with Crippen LogP contribution in [-0.4, -0.2) is 17.5 Å². The lowest BCUT2D eigenvalue weighted by Gasteiger charge is -2.17. The van der Waals surface area contributed by atoms with Gasteiger partial charge >= 0.3 is 0 Å². The Morgan fingerprint density at radius 2 is 1.13 bits per heavy atom. The Hall–Kier alpha value is -3.93. The van der Waals surface area contributed by atoms with E-state index in [-0.39, 0.29) is 36.2 Å². The van der Waals surface area contributed by atoms with Crippen molar-refractivity contribution in [3.63, 3.8) is 0 Å². The molecule has 0 unspecified atom stereocenters. The van der Waals surface area contributed by atoms with Crippen molar-refractivity contribution in [3.8, 4) is 0 Å². The Labute approximate surface area is 181 Å². The SMILES string of the molecule is CC(=O)Nc1ccc(C(CC(=O)c2ccc(N)cc2)CC(=O)c2ccc(N)cc2)cc1. The number of ketones is 2. The van der Waals surface area contributed by atoms with Gasteiger partial charge in [0.15, 0.2) is 11.6 Å². The number of nitrogen functional groups attached to an aromatic ring is 2. The number of rotatable bonds is 8. The minimum absolute atomic E-state index is 0.0685. The molecule has 0 saturated carbocycles. The molecule has 6 nitrogen and oxygen atoms in total. The van der Waals surface area contributed by atoms with Gasteiger partial charge in [0.25, 0.3) is 0 Å². The molecule has 0 bridgehead atoms. The van der Waals surface area contributed by atoms with Crippen LogP contribution in [0.15, 0.2) is 72.8 Å². The molecule has 0 radical (unpaired) electrons. The van der Waals surface area contributed by atoms with E-state index in [9.17, 15) is 14.4 Å². The average molecular weight is 415 g/mol. The molecule has 3 aromatic rings. The van der Waals surface area contributed by atoms with E-state index in [2.05, 4.69) is 5.32 Å². The van der Waals surface area contributed by atoms with Crippen molar-refractivity contribution in [2.75, 3.05) is 16.8 Å². The van der Waals surface area contributed by atoms with Crippen molar-refractivity contribution in [3.05, 3.63) is 89.5 Å². The van der Waals surface area contributed by atoms with E-state index in [1.165, 1.54) is 6.92 Å². The molecule has 5 N–H and O–H groups in total. The number of anilines is 3. The van der Waals surface area contributed by atoms with E-state index >= 15 is 0 Å². The molecule has 6 heteroatoms. The molecule has 3 aromatic carbocycles. The number of nitrogens with two attached hydrogens (primary N) is 2. The fraction of sp³-hybridized carbons (Fsp3) is 0.160. The fourth-order valence-corrected chi connectivity index (χ4v) is 3.37. The van der Waals surface area contributed by atoms with Gasteiger partial charge in [0, 0.05) is 48.0 Å². The number of amides is 1. The minimum Gasteiger partial charge on any atom is -0.399 e. The second-order valence-electron chi connectivity index (χ2n) is 7.50. The van der Waals surface area contributed by atoms with E-state index in [1.54, 1.807) is 60.7 Å². The summed E-state index contributed by atoms with van der Waals surface area (Å²) in [6.45, 7) is 1.44. The summed E-state index contributed by atoms with van der Waals surface area (Å²) in [6, 6.07) is 20.7. The van der Waals surface area contributed by atoms with Gasteiger partial charge in [0.2, 0.25) is 5.91 Å². The van der Waals surface area contributed by atoms with E-state index < -0.39 is 0 Å². The van der Waals surface area contributed by atoms with E-state index in [4.69, 9.17) is 11.5 Å². The van der Waals surface area contributed by atoms with Crippen molar-refractivity contribution < 1.29 is 14.4 Å². The Morgan fingerprint density at radius 1 is 0.710 bits per heavy atom. The molecule has 3 rings (SSSR count). The van der Waals surface area contributed by atoms with E-state index in [1.807, 2.05) is 12.1 Å². The van der Waals surface area contributed by atoms with Crippen molar-refractivity contribution in [2.45, 2.75) is 25.7 Å². The lowest BCUT2D eigenvalue weighted by molar-refractivity contribution is -0.114. The highest BCUT2D eigenvalue weighted by molar-refractivity contribution is 5.99. The van der Waals surface area contributed by atoms with Crippen LogP contribution in [0.1, 0.15) is 52.0 Å². The Kier molecular flexibility index (Phi) is 6.82. The zero-order valence-electron chi connectivity index (χ0n) is 17.3. The summed E-state index contributed by atoms with van der Waals surface area (Å²) < 4.78 is 0. The van der Waals surface area contributed by atoms with Crippen LogP contribution in [0.5, 0.6) is 0 Å². The van der Waals surface area contributed by atoms with Gasteiger partial charge in [0.05, 0.1) is 0 Å². The number of carbonyl (C=O) groups excluding carboxylic acids is 3. The predicted octanol–water partition coefficient (Wildman–Crippen LogP) is 4.44. The third-order valence-electron chi connectivity index (χ3n) is 5.03. The second-order valence-corrected chi connectivity index (χ2v) is 7.50. The molecule has 0 aliphatic heterocycles. The van der Waals surface area contributed by atoms with Crippen LogP contribution < -0.4 is 16.8 Å². The number of hydrogen-bond donors (Lipinski definition) is 3. The smallest absolute Gasteiger partial charge is 0.221 e. The zero-order chi connectivity index (χ0) is 22.4. The maximum atomic E-state index is 12.9. The summed E-state index contributed by atoms with van der Waals surface area (Å²) in [5.41, 5.74) is 15.2. The molecular weight excluding hydrogens is 390 g/mol. The van der Waals surface area contributed by atoms with Crippen LogP contribution in [-0.2, 0) is 4.79 Å². The highest BCUT2D eigenvalue weighted by Crippen LogP contribution is 2.29. The molecule has 0 aromatic heterocycles. The number of carbonyl (C=O) groups is 3. The Morgan fingerprint density at radius 3 is 1.52 bits per heavy atom. The molecule has 158 valence electrons. The maximum absolute atomic E-state index is 12.9. The molecule has 0 aliphatic carbocycles. The monoisotopic (exact) mass is 415 g/mol. The highest BCUT2D eigenvalue weighted by Gasteiger charge is 2.21. The number of benzene rings is 3. The van der Waals surface area contributed by atoms with Gasteiger partial charge in [-0.15, -0.1) is 0 Å². The minimum atomic E-state index is -0.318. The lowest BCUT2D eigenvalue weighted by Crippen LogP contribution is -2.13. The number of hydrogen-bond acceptors (Lipinski definition) is 5. The Bertz CT molecular complexity index is 1010. The lowest BCUT2D eigenvalue weighted by atomic mass is 9.86. The van der Waals surface area contributed by atoms with E-state index in [0.29, 0.717) is 28.2 Å². The summed E-state index contributed by atoms with van der Waals surface area (Å²) in [5, 5.41) is 2.72. The predicted molar refractivity (Wildman–Crippen MR) is 123 cm³/mol. The largest absolute Gasteiger partial charge is 0.399 e. The topological polar surface area (TPSA) is 115 Å². The normalized spacial score (nSPS) is 10.6. The first-order chi connectivity index (χ1) is 14.8. The summed E-state index contributed by atoms with van der Waals surface area (Å²) >= 11 is 0. The van der Waals surface area contributed by atoms with E-state index in [0.717, 1.165) is 5.56 Å². The van der Waals surface area contributed by atoms with Crippen LogP contribution in [0.25, 0.3) is 0 Å². The quantitative estimate of drug-likeness (QED) is 0.372. The average Bonchev–Trinajstić information content (AvgIpc) is 2.74. The van der Waals surface area contributed by atoms with Crippen LogP contribution in [0.4, 0.5) is 17.1 Å². The summed E-state index contributed by atoms with van der Waals surface area (Å²) in [6.07, 6.45) is 0.341. The molecule has 0 heterocycles. The van der Waals surface area contributed by atoms with Gasteiger partial charge in [-0.05, 0) is 72.1 Å². The number of Topliss-reactive ketones (excluding diaryl/α,β-unsaturated/α-hetero) is 2. The summed E-state index contributed by atoms with van der Waals surface area (Å²) in [5.74, 6) is -0.620. The van der Waals surface area contributed by atoms with Crippen molar-refractivity contribution in [1.82, 2.24) is 0 Å². The van der Waals surface area contributed by atoms with Crippen molar-refractivity contribution >= 4 is 34.5 Å². The summed E-state index contributed by atoms with van der Waals surface area (Å²) in [4.78, 5) is 37.0. The molecular formula is C25H25N3O3. The fourth-order valence-electron chi connectivity index (χ4n) is 3.37. The standard InChI is InChI=1S/C25H25N3O3/c1-16(29)28-23-12-6-17(7-13-23)20(14-24(30)18-2-8-21(26)9-3-18)15-25(31)19-4-10-22(27)11-5-19/h2-13,20H,14-15,26-27H2,1H3,(H,28,29). The first kappa shape index (κ1) is 21.8. The maximum Gasteiger partial charge on any atom is 0.221 e. The van der Waals surface area contributed by atoms with Crippen LogP contribution in [0.3, 0.4) is 0 Å². The summed E-state index contributed by atoms with van der Waals surface area (Å²) in [7, 11) is 0. The Balaban J connectivity index is 1.84. The van der Waals surface area contributed by atoms with Gasteiger partial charge in [-0.1, -0.05) is 12.1 Å². The third kappa shape index (κ3) is 6.02. The number of nitrogens with one attached hydrogen (secondary N) is 1. The highest BCUT2D eigenvalue weighted by atomic mass is 16.1. The van der Waals surface area contributed by atoms with Crippen LogP contribution >= 0.6 is 0 Å².